The highest BCUT2D eigenvalue weighted by molar-refractivity contribution is 5.93. The predicted octanol–water partition coefficient (Wildman–Crippen LogP) is 1.50. The summed E-state index contributed by atoms with van der Waals surface area (Å²) in [5.74, 6) is 0.290. The van der Waals surface area contributed by atoms with E-state index in [0.717, 1.165) is 5.69 Å². The van der Waals surface area contributed by atoms with Crippen LogP contribution in [0.4, 0.5) is 11.4 Å². The maximum atomic E-state index is 12.6. The van der Waals surface area contributed by atoms with Crippen LogP contribution in [0.3, 0.4) is 0 Å². The van der Waals surface area contributed by atoms with Crippen molar-refractivity contribution in [1.82, 2.24) is 20.3 Å². The number of amides is 1. The zero-order chi connectivity index (χ0) is 20.7. The lowest BCUT2D eigenvalue weighted by molar-refractivity contribution is -0.384. The van der Waals surface area contributed by atoms with E-state index in [1.54, 1.807) is 16.8 Å². The molecule has 1 N–H and O–H groups in total. The highest BCUT2D eigenvalue weighted by Gasteiger charge is 2.57. The lowest BCUT2D eigenvalue weighted by Gasteiger charge is -2.22. The van der Waals surface area contributed by atoms with Crippen molar-refractivity contribution >= 4 is 17.3 Å². The van der Waals surface area contributed by atoms with Gasteiger partial charge in [-0.2, -0.15) is 5.26 Å². The van der Waals surface area contributed by atoms with Crippen molar-refractivity contribution in [3.8, 4) is 6.07 Å². The van der Waals surface area contributed by atoms with Gasteiger partial charge in [-0.3, -0.25) is 14.9 Å². The molecule has 0 radical (unpaired) electrons. The molecule has 0 bridgehead atoms. The van der Waals surface area contributed by atoms with Gasteiger partial charge in [0.2, 0.25) is 0 Å². The number of hydrogen-bond donors (Lipinski definition) is 1. The lowest BCUT2D eigenvalue weighted by atomic mass is 10.1. The molecule has 1 saturated carbocycles. The summed E-state index contributed by atoms with van der Waals surface area (Å²) >= 11 is 0. The molecule has 1 saturated heterocycles. The van der Waals surface area contributed by atoms with Gasteiger partial charge in [0.05, 0.1) is 22.2 Å². The maximum absolute atomic E-state index is 12.6. The molecule has 1 aromatic carbocycles. The molecule has 1 aromatic heterocycles. The Kier molecular flexibility index (Phi) is 4.66. The molecule has 0 spiro atoms. The van der Waals surface area contributed by atoms with Gasteiger partial charge >= 0.3 is 0 Å². The summed E-state index contributed by atoms with van der Waals surface area (Å²) in [6.07, 6.45) is 0.678. The number of rotatable bonds is 6. The first-order chi connectivity index (χ1) is 14.0. The highest BCUT2D eigenvalue weighted by atomic mass is 16.6. The topological polar surface area (TPSA) is 130 Å². The van der Waals surface area contributed by atoms with Crippen molar-refractivity contribution < 1.29 is 9.72 Å². The number of anilines is 1. The molecule has 1 aliphatic heterocycles. The van der Waals surface area contributed by atoms with E-state index in [1.165, 1.54) is 6.07 Å². The average Bonchev–Trinajstić information content (AvgIpc) is 3.09. The molecular weight excluding hydrogens is 374 g/mol. The molecule has 4 rings (SSSR count). The van der Waals surface area contributed by atoms with E-state index in [-0.39, 0.29) is 35.0 Å². The van der Waals surface area contributed by atoms with E-state index in [1.807, 2.05) is 24.8 Å². The summed E-state index contributed by atoms with van der Waals surface area (Å²) < 4.78 is 1.73. The average molecular weight is 395 g/mol. The van der Waals surface area contributed by atoms with E-state index in [4.69, 9.17) is 5.26 Å². The van der Waals surface area contributed by atoms with Crippen molar-refractivity contribution in [3.63, 3.8) is 0 Å². The minimum Gasteiger partial charge on any atom is -0.365 e. The molecule has 1 amide bonds. The van der Waals surface area contributed by atoms with Crippen molar-refractivity contribution in [2.75, 3.05) is 18.0 Å². The van der Waals surface area contributed by atoms with Crippen LogP contribution < -0.4 is 10.2 Å². The molecular formula is C19H21N7O3. The fraction of sp³-hybridized carbons (Fsp3) is 0.474. The number of hydrogen-bond acceptors (Lipinski definition) is 7. The van der Waals surface area contributed by atoms with Crippen LogP contribution in [0, 0.1) is 33.3 Å². The monoisotopic (exact) mass is 395 g/mol. The van der Waals surface area contributed by atoms with Gasteiger partial charge in [-0.25, -0.2) is 4.68 Å². The first-order valence-electron chi connectivity index (χ1n) is 9.65. The Morgan fingerprint density at radius 1 is 1.38 bits per heavy atom. The second kappa shape index (κ2) is 7.16. The zero-order valence-corrected chi connectivity index (χ0v) is 16.2. The van der Waals surface area contributed by atoms with Crippen LogP contribution in [0.2, 0.25) is 0 Å². The summed E-state index contributed by atoms with van der Waals surface area (Å²) in [4.78, 5) is 25.5. The Bertz CT molecular complexity index is 1010. The number of aromatic nitrogens is 3. The number of nitro benzene ring substituents is 1. The van der Waals surface area contributed by atoms with Crippen LogP contribution in [-0.2, 0) is 13.0 Å². The Hall–Kier alpha value is -3.48. The largest absolute Gasteiger partial charge is 0.365 e. The summed E-state index contributed by atoms with van der Waals surface area (Å²) in [6.45, 7) is 5.85. The molecule has 1 unspecified atom stereocenters. The van der Waals surface area contributed by atoms with Crippen LogP contribution in [0.5, 0.6) is 0 Å². The summed E-state index contributed by atoms with van der Waals surface area (Å²) in [6, 6.07) is 6.51. The molecule has 150 valence electrons. The number of benzene rings is 1. The summed E-state index contributed by atoms with van der Waals surface area (Å²) in [7, 11) is 0. The van der Waals surface area contributed by atoms with Crippen molar-refractivity contribution in [2.45, 2.75) is 32.9 Å². The number of carbonyl (C=O) groups excluding carboxylic acids is 1. The van der Waals surface area contributed by atoms with E-state index < -0.39 is 4.92 Å². The normalized spacial score (nSPS) is 22.1. The molecule has 2 heterocycles. The summed E-state index contributed by atoms with van der Waals surface area (Å²) in [5.41, 5.74) is 1.92. The summed E-state index contributed by atoms with van der Waals surface area (Å²) in [5, 5.41) is 31.5. The Labute approximate surface area is 167 Å². The van der Waals surface area contributed by atoms with Crippen molar-refractivity contribution in [1.29, 1.82) is 5.26 Å². The third kappa shape index (κ3) is 3.18. The van der Waals surface area contributed by atoms with Gasteiger partial charge in [0, 0.05) is 43.6 Å². The van der Waals surface area contributed by atoms with E-state index in [9.17, 15) is 14.9 Å². The van der Waals surface area contributed by atoms with E-state index in [2.05, 4.69) is 15.6 Å². The van der Waals surface area contributed by atoms with Gasteiger partial charge in [-0.1, -0.05) is 12.1 Å². The van der Waals surface area contributed by atoms with E-state index >= 15 is 0 Å². The van der Waals surface area contributed by atoms with Crippen LogP contribution >= 0.6 is 0 Å². The number of carbonyl (C=O) groups is 1. The molecule has 3 atom stereocenters. The van der Waals surface area contributed by atoms with Crippen LogP contribution in [-0.4, -0.2) is 45.0 Å². The standard InChI is InChI=1S/C19H21N7O3/c1-3-14-18(22-23-25(14)4-2)19(27)21-17-12-9-24(10-13(12)17)15-6-5-11(8-20)7-16(15)26(28)29/h5-7,12-13,17H,3-4,9-10H2,1-2H3,(H,21,27)/t12-,13+,17?. The van der Waals surface area contributed by atoms with Gasteiger partial charge in [0.15, 0.2) is 5.69 Å². The number of nitro groups is 1. The van der Waals surface area contributed by atoms with Crippen LogP contribution in [0.15, 0.2) is 18.2 Å². The quantitative estimate of drug-likeness (QED) is 0.579. The molecule has 2 fully saturated rings. The van der Waals surface area contributed by atoms with Crippen LogP contribution in [0.1, 0.15) is 35.6 Å². The highest BCUT2D eigenvalue weighted by Crippen LogP contribution is 2.48. The van der Waals surface area contributed by atoms with Crippen molar-refractivity contribution in [2.24, 2.45) is 11.8 Å². The second-order valence-electron chi connectivity index (χ2n) is 7.36. The minimum atomic E-state index is -0.456. The van der Waals surface area contributed by atoms with Gasteiger partial charge < -0.3 is 10.2 Å². The molecule has 10 heteroatoms. The zero-order valence-electron chi connectivity index (χ0n) is 16.2. The Balaban J connectivity index is 1.43. The molecule has 10 nitrogen and oxygen atoms in total. The Morgan fingerprint density at radius 2 is 2.10 bits per heavy atom. The number of piperidine rings is 1. The number of nitriles is 1. The van der Waals surface area contributed by atoms with Crippen molar-refractivity contribution in [3.05, 3.63) is 45.3 Å². The molecule has 1 aliphatic carbocycles. The second-order valence-corrected chi connectivity index (χ2v) is 7.36. The van der Waals surface area contributed by atoms with Gasteiger partial charge in [0.25, 0.3) is 11.6 Å². The molecule has 29 heavy (non-hydrogen) atoms. The minimum absolute atomic E-state index is 0.0488. The molecule has 2 aliphatic rings. The lowest BCUT2D eigenvalue weighted by Crippen LogP contribution is -2.35. The van der Waals surface area contributed by atoms with E-state index in [0.29, 0.717) is 37.4 Å². The first-order valence-corrected chi connectivity index (χ1v) is 9.65. The Morgan fingerprint density at radius 3 is 2.69 bits per heavy atom. The van der Waals surface area contributed by atoms with Crippen LogP contribution in [0.25, 0.3) is 0 Å². The fourth-order valence-electron chi connectivity index (χ4n) is 4.28. The van der Waals surface area contributed by atoms with Gasteiger partial charge in [-0.05, 0) is 25.5 Å². The number of aryl methyl sites for hydroxylation is 1. The smallest absolute Gasteiger partial charge is 0.293 e. The molecule has 2 aromatic rings. The maximum Gasteiger partial charge on any atom is 0.293 e. The third-order valence-corrected chi connectivity index (χ3v) is 5.82. The van der Waals surface area contributed by atoms with Gasteiger partial charge in [0.1, 0.15) is 5.69 Å². The number of nitrogens with one attached hydrogen (secondary N) is 1. The first kappa shape index (κ1) is 18.9. The number of fused-ring (bicyclic) bond motifs is 1. The SMILES string of the molecule is CCc1c(C(=O)NC2[C@H]3CN(c4ccc(C#N)cc4[N+](=O)[O-])C[C@@H]23)nnn1CC. The fourth-order valence-corrected chi connectivity index (χ4v) is 4.28. The third-order valence-electron chi connectivity index (χ3n) is 5.82. The van der Waals surface area contributed by atoms with Gasteiger partial charge in [-0.15, -0.1) is 5.10 Å². The predicted molar refractivity (Wildman–Crippen MR) is 103 cm³/mol. The number of nitrogens with zero attached hydrogens (tertiary/aromatic N) is 6.